The van der Waals surface area contributed by atoms with Gasteiger partial charge in [0.1, 0.15) is 0 Å². The first-order valence-electron chi connectivity index (χ1n) is 9.46. The molecule has 28 heavy (non-hydrogen) atoms. The van der Waals surface area contributed by atoms with E-state index in [1.165, 1.54) is 6.07 Å². The van der Waals surface area contributed by atoms with Gasteiger partial charge in [0, 0.05) is 5.56 Å². The molecule has 0 aliphatic rings. The van der Waals surface area contributed by atoms with E-state index in [2.05, 4.69) is 6.92 Å². The number of hydrogen-bond acceptors (Lipinski definition) is 1. The topological polar surface area (TPSA) is 9.23 Å². The largest absolute Gasteiger partial charge is 0.404 e. The zero-order valence-electron chi connectivity index (χ0n) is 15.8. The maximum Gasteiger partial charge on any atom is 0.256 e. The zero-order chi connectivity index (χ0) is 20.0. The van der Waals surface area contributed by atoms with Crippen LogP contribution in [0.25, 0.3) is 0 Å². The van der Waals surface area contributed by atoms with Crippen molar-refractivity contribution in [3.05, 3.63) is 95.8 Å². The van der Waals surface area contributed by atoms with Crippen LogP contribution in [0.4, 0.5) is 13.2 Å². The predicted molar refractivity (Wildman–Crippen MR) is 109 cm³/mol. The fourth-order valence-corrected chi connectivity index (χ4v) is 7.52. The summed E-state index contributed by atoms with van der Waals surface area (Å²) in [5.74, 6) is -3.83. The molecule has 0 unspecified atom stereocenters. The van der Waals surface area contributed by atoms with Gasteiger partial charge in [0.25, 0.3) is 8.32 Å². The third kappa shape index (κ3) is 4.21. The molecule has 0 fully saturated rings. The monoisotopic (exact) mass is 400 g/mol. The Labute approximate surface area is 164 Å². The summed E-state index contributed by atoms with van der Waals surface area (Å²) < 4.78 is 47.6. The zero-order valence-corrected chi connectivity index (χ0v) is 16.8. The van der Waals surface area contributed by atoms with Crippen molar-refractivity contribution in [3.8, 4) is 0 Å². The normalized spacial score (nSPS) is 11.6. The lowest BCUT2D eigenvalue weighted by atomic mass is 10.2. The summed E-state index contributed by atoms with van der Waals surface area (Å²) in [5.41, 5.74) is 0.0270. The maximum absolute atomic E-state index is 14.2. The summed E-state index contributed by atoms with van der Waals surface area (Å²) in [6.45, 7) is 2.01. The second-order valence-corrected chi connectivity index (χ2v) is 10.4. The lowest BCUT2D eigenvalue weighted by molar-refractivity contribution is 0.292. The molecule has 0 N–H and O–H groups in total. The Bertz CT molecular complexity index is 861. The Kier molecular flexibility index (Phi) is 6.70. The van der Waals surface area contributed by atoms with E-state index < -0.39 is 25.8 Å². The van der Waals surface area contributed by atoms with E-state index in [1.807, 2.05) is 60.7 Å². The molecule has 146 valence electrons. The molecule has 0 radical (unpaired) electrons. The number of unbranched alkanes of at least 4 members (excludes halogenated alkanes) is 1. The summed E-state index contributed by atoms with van der Waals surface area (Å²) in [5, 5.41) is 2.16. The Hall–Kier alpha value is -2.37. The summed E-state index contributed by atoms with van der Waals surface area (Å²) in [6, 6.07) is 22.9. The summed E-state index contributed by atoms with van der Waals surface area (Å²) in [6.07, 6.45) is 1.95. The van der Waals surface area contributed by atoms with Crippen molar-refractivity contribution in [3.63, 3.8) is 0 Å². The minimum absolute atomic E-state index is 0.0270. The average molecular weight is 401 g/mol. The second-order valence-electron chi connectivity index (χ2n) is 6.79. The molecule has 5 heteroatoms. The van der Waals surface area contributed by atoms with E-state index in [4.69, 9.17) is 4.43 Å². The van der Waals surface area contributed by atoms with Crippen molar-refractivity contribution >= 4 is 18.7 Å². The highest BCUT2D eigenvalue weighted by Gasteiger charge is 2.39. The van der Waals surface area contributed by atoms with Gasteiger partial charge in [-0.05, 0) is 22.5 Å². The van der Waals surface area contributed by atoms with Crippen LogP contribution < -0.4 is 10.4 Å². The molecule has 0 saturated heterocycles. The van der Waals surface area contributed by atoms with Gasteiger partial charge >= 0.3 is 0 Å². The van der Waals surface area contributed by atoms with E-state index in [1.54, 1.807) is 0 Å². The number of rotatable bonds is 8. The Morgan fingerprint density at radius 2 is 1.32 bits per heavy atom. The van der Waals surface area contributed by atoms with Crippen LogP contribution in [0.3, 0.4) is 0 Å². The molecule has 0 aromatic heterocycles. The van der Waals surface area contributed by atoms with E-state index in [-0.39, 0.29) is 12.2 Å². The molecule has 0 atom stereocenters. The maximum atomic E-state index is 14.2. The van der Waals surface area contributed by atoms with Gasteiger partial charge in [-0.15, -0.1) is 0 Å². The number of halogens is 3. The highest BCUT2D eigenvalue weighted by molar-refractivity contribution is 6.97. The lowest BCUT2D eigenvalue weighted by Crippen LogP contribution is -2.60. The molecule has 3 rings (SSSR count). The van der Waals surface area contributed by atoms with Crippen LogP contribution in [0, 0.1) is 17.5 Å². The lowest BCUT2D eigenvalue weighted by Gasteiger charge is -2.33. The van der Waals surface area contributed by atoms with E-state index in [0.29, 0.717) is 0 Å². The standard InChI is InChI=1S/C23H23F3OSi/c1-2-3-16-28(19-10-6-4-7-11-19,20-12-8-5-9-13-20)27-17-18-14-15-21(24)23(26)22(18)25/h4-15H,2-3,16-17H2,1H3. The second kappa shape index (κ2) is 9.21. The van der Waals surface area contributed by atoms with Gasteiger partial charge in [-0.25, -0.2) is 13.2 Å². The van der Waals surface area contributed by atoms with Gasteiger partial charge in [-0.1, -0.05) is 86.5 Å². The quantitative estimate of drug-likeness (QED) is 0.374. The Morgan fingerprint density at radius 1 is 0.750 bits per heavy atom. The molecule has 3 aromatic carbocycles. The van der Waals surface area contributed by atoms with Gasteiger partial charge in [0.2, 0.25) is 0 Å². The molecule has 0 bridgehead atoms. The predicted octanol–water partition coefficient (Wildman–Crippen LogP) is 5.18. The van der Waals surface area contributed by atoms with Crippen LogP contribution in [0.5, 0.6) is 0 Å². The average Bonchev–Trinajstić information content (AvgIpc) is 2.75. The van der Waals surface area contributed by atoms with E-state index in [9.17, 15) is 13.2 Å². The van der Waals surface area contributed by atoms with Crippen LogP contribution in [-0.4, -0.2) is 8.32 Å². The molecule has 0 aliphatic carbocycles. The van der Waals surface area contributed by atoms with Crippen molar-refractivity contribution in [2.24, 2.45) is 0 Å². The molecule has 0 aliphatic heterocycles. The van der Waals surface area contributed by atoms with Gasteiger partial charge in [0.05, 0.1) is 6.61 Å². The van der Waals surface area contributed by atoms with Gasteiger partial charge in [-0.3, -0.25) is 0 Å². The molecule has 1 nitrogen and oxygen atoms in total. The van der Waals surface area contributed by atoms with Gasteiger partial charge in [0.15, 0.2) is 17.5 Å². The third-order valence-electron chi connectivity index (χ3n) is 4.95. The fourth-order valence-electron chi connectivity index (χ4n) is 3.41. The number of hydrogen-bond donors (Lipinski definition) is 0. The van der Waals surface area contributed by atoms with Crippen molar-refractivity contribution in [1.82, 2.24) is 0 Å². The minimum Gasteiger partial charge on any atom is -0.404 e. The number of benzene rings is 3. The molecule has 0 spiro atoms. The van der Waals surface area contributed by atoms with Crippen LogP contribution in [0.1, 0.15) is 25.3 Å². The van der Waals surface area contributed by atoms with E-state index in [0.717, 1.165) is 35.3 Å². The molecule has 0 heterocycles. The Balaban J connectivity index is 2.04. The highest BCUT2D eigenvalue weighted by atomic mass is 28.4. The fraction of sp³-hybridized carbons (Fsp3) is 0.217. The van der Waals surface area contributed by atoms with Crippen molar-refractivity contribution < 1.29 is 17.6 Å². The molecular formula is C23H23F3OSi. The van der Waals surface area contributed by atoms with Gasteiger partial charge < -0.3 is 4.43 Å². The first kappa shape index (κ1) is 20.4. The summed E-state index contributed by atoms with van der Waals surface area (Å²) in [7, 11) is -2.69. The van der Waals surface area contributed by atoms with Gasteiger partial charge in [-0.2, -0.15) is 0 Å². The first-order chi connectivity index (χ1) is 13.6. The van der Waals surface area contributed by atoms with Crippen LogP contribution >= 0.6 is 0 Å². The first-order valence-corrected chi connectivity index (χ1v) is 11.6. The minimum atomic E-state index is -2.69. The van der Waals surface area contributed by atoms with E-state index >= 15 is 0 Å². The molecule has 0 saturated carbocycles. The Morgan fingerprint density at radius 3 is 1.86 bits per heavy atom. The van der Waals surface area contributed by atoms with Crippen LogP contribution in [-0.2, 0) is 11.0 Å². The third-order valence-corrected chi connectivity index (χ3v) is 9.18. The summed E-state index contributed by atoms with van der Waals surface area (Å²) >= 11 is 0. The smallest absolute Gasteiger partial charge is 0.256 e. The highest BCUT2D eigenvalue weighted by Crippen LogP contribution is 2.22. The van der Waals surface area contributed by atoms with Crippen molar-refractivity contribution in [1.29, 1.82) is 0 Å². The van der Waals surface area contributed by atoms with Crippen molar-refractivity contribution in [2.45, 2.75) is 32.4 Å². The molecule has 3 aromatic rings. The molecular weight excluding hydrogens is 377 g/mol. The van der Waals surface area contributed by atoms with Crippen molar-refractivity contribution in [2.75, 3.05) is 0 Å². The van der Waals surface area contributed by atoms with Crippen LogP contribution in [0.2, 0.25) is 6.04 Å². The van der Waals surface area contributed by atoms with Crippen LogP contribution in [0.15, 0.2) is 72.8 Å². The molecule has 0 amide bonds. The summed E-state index contributed by atoms with van der Waals surface area (Å²) in [4.78, 5) is 0. The SMILES string of the molecule is CCCC[Si](OCc1ccc(F)c(F)c1F)(c1ccccc1)c1ccccc1.